The number of piperidine rings is 1. The molecule has 6 heteroatoms. The molecule has 1 unspecified atom stereocenters. The number of H-pyrrole nitrogens is 1. The molecule has 1 aliphatic carbocycles. The Morgan fingerprint density at radius 3 is 2.83 bits per heavy atom. The zero-order valence-corrected chi connectivity index (χ0v) is 24.5. The number of aromatic hydroxyl groups is 1. The zero-order valence-electron chi connectivity index (χ0n) is 24.5. The van der Waals surface area contributed by atoms with Crippen LogP contribution in [0, 0.1) is 11.3 Å². The number of pyridine rings is 1. The van der Waals surface area contributed by atoms with Crippen LogP contribution >= 0.6 is 0 Å². The van der Waals surface area contributed by atoms with Crippen LogP contribution in [0.3, 0.4) is 0 Å². The van der Waals surface area contributed by atoms with Gasteiger partial charge in [-0.1, -0.05) is 36.4 Å². The number of nitrogens with zero attached hydrogens (tertiary/aromatic N) is 3. The van der Waals surface area contributed by atoms with Crippen molar-refractivity contribution < 1.29 is 9.84 Å². The third kappa shape index (κ3) is 3.58. The summed E-state index contributed by atoms with van der Waals surface area (Å²) in [5, 5.41) is 12.9. The molecule has 7 heterocycles. The number of hydrogen-bond donors (Lipinski definition) is 2. The van der Waals surface area contributed by atoms with Crippen LogP contribution in [0.4, 0.5) is 0 Å². The van der Waals surface area contributed by atoms with Gasteiger partial charge in [0.1, 0.15) is 17.6 Å². The molecule has 0 amide bonds. The van der Waals surface area contributed by atoms with E-state index in [0.717, 1.165) is 72.7 Å². The van der Waals surface area contributed by atoms with Crippen molar-refractivity contribution in [1.29, 1.82) is 0 Å². The van der Waals surface area contributed by atoms with Crippen LogP contribution in [-0.2, 0) is 4.74 Å². The highest BCUT2D eigenvalue weighted by Crippen LogP contribution is 2.65. The highest BCUT2D eigenvalue weighted by Gasteiger charge is 2.71. The standard InChI is InChI=1S/C36H42N4O2/c41-29-13-10-12-25-26-15-18-37-32(33(26)38-31(25)29)27-22-36-17-8-3-1-2-4-9-19-39-20-16-28(27)35(23-39)21-24-11-6-5-7-14-30(42-36)40(24)34(35)36/h1,3,6,10-13,15,18,22,24,28,30,34,38,41H,2,4-5,7-9,14,16-17,19-21,23H2/b3-1-,11-6?/t24-,28-,30+,34+,35-,36-/m0/s1. The van der Waals surface area contributed by atoms with Crippen molar-refractivity contribution in [2.24, 2.45) is 11.3 Å². The lowest BCUT2D eigenvalue weighted by Gasteiger charge is -2.56. The smallest absolute Gasteiger partial charge is 0.139 e. The Bertz CT molecular complexity index is 1640. The topological polar surface area (TPSA) is 64.6 Å². The summed E-state index contributed by atoms with van der Waals surface area (Å²) in [7, 11) is 0. The SMILES string of the molecule is Oc1cccc2c1[nH]c1c(C3=C[C@]45CC/C=C\CCCCN6CC[C@@H]3[C@]3(C[C@@H]7C=CCCC[C@@H](O4)N7[C@H]35)C6)nccc12. The summed E-state index contributed by atoms with van der Waals surface area (Å²) >= 11 is 0. The molecule has 0 saturated carbocycles. The molecular weight excluding hydrogens is 520 g/mol. The molecule has 3 fully saturated rings. The monoisotopic (exact) mass is 562 g/mol. The van der Waals surface area contributed by atoms with Crippen molar-refractivity contribution in [3.63, 3.8) is 0 Å². The predicted molar refractivity (Wildman–Crippen MR) is 167 cm³/mol. The zero-order chi connectivity index (χ0) is 27.9. The van der Waals surface area contributed by atoms with Gasteiger partial charge in [0.25, 0.3) is 0 Å². The summed E-state index contributed by atoms with van der Waals surface area (Å²) in [6, 6.07) is 8.74. The molecule has 42 heavy (non-hydrogen) atoms. The van der Waals surface area contributed by atoms with Crippen LogP contribution in [-0.4, -0.2) is 68.4 Å². The van der Waals surface area contributed by atoms with E-state index in [9.17, 15) is 5.11 Å². The second kappa shape index (κ2) is 9.54. The molecule has 9 rings (SSSR count). The lowest BCUT2D eigenvalue weighted by Crippen LogP contribution is -2.62. The van der Waals surface area contributed by atoms with Crippen molar-refractivity contribution in [2.45, 2.75) is 88.1 Å². The first-order chi connectivity index (χ1) is 20.7. The number of aromatic amines is 1. The van der Waals surface area contributed by atoms with E-state index in [-0.39, 0.29) is 17.2 Å². The predicted octanol–water partition coefficient (Wildman–Crippen LogP) is 6.93. The fraction of sp³-hybridized carbons (Fsp3) is 0.528. The number of ether oxygens (including phenoxy) is 1. The van der Waals surface area contributed by atoms with E-state index in [4.69, 9.17) is 9.72 Å². The average Bonchev–Trinajstić information content (AvgIpc) is 3.63. The van der Waals surface area contributed by atoms with Gasteiger partial charge in [-0.2, -0.15) is 0 Å². The van der Waals surface area contributed by atoms with Crippen LogP contribution in [0.1, 0.15) is 69.9 Å². The summed E-state index contributed by atoms with van der Waals surface area (Å²) in [4.78, 5) is 14.4. The number of hydrogen-bond acceptors (Lipinski definition) is 5. The molecule has 218 valence electrons. The van der Waals surface area contributed by atoms with Crippen LogP contribution in [0.5, 0.6) is 5.75 Å². The highest BCUT2D eigenvalue weighted by molar-refractivity contribution is 6.11. The number of phenolic OH excluding ortho intramolecular Hbond substituents is 1. The normalized spacial score (nSPS) is 38.8. The molecule has 3 bridgehead atoms. The maximum Gasteiger partial charge on any atom is 0.139 e. The van der Waals surface area contributed by atoms with Gasteiger partial charge in [-0.15, -0.1) is 0 Å². The van der Waals surface area contributed by atoms with E-state index in [1.54, 1.807) is 6.07 Å². The Morgan fingerprint density at radius 2 is 1.86 bits per heavy atom. The Kier molecular flexibility index (Phi) is 5.80. The van der Waals surface area contributed by atoms with Crippen LogP contribution < -0.4 is 0 Å². The lowest BCUT2D eigenvalue weighted by molar-refractivity contribution is -0.0733. The summed E-state index contributed by atoms with van der Waals surface area (Å²) in [6.45, 7) is 3.49. The fourth-order valence-electron chi connectivity index (χ4n) is 10.1. The van der Waals surface area contributed by atoms with Gasteiger partial charge in [0, 0.05) is 35.0 Å². The first kappa shape index (κ1) is 25.6. The van der Waals surface area contributed by atoms with E-state index in [2.05, 4.69) is 57.3 Å². The summed E-state index contributed by atoms with van der Waals surface area (Å²) in [5.74, 6) is 0.720. The van der Waals surface area contributed by atoms with Gasteiger partial charge in [0.2, 0.25) is 0 Å². The molecule has 2 aromatic heterocycles. The number of allylic oxidation sites excluding steroid dienone is 4. The molecule has 6 nitrogen and oxygen atoms in total. The maximum atomic E-state index is 10.7. The van der Waals surface area contributed by atoms with Gasteiger partial charge in [-0.3, -0.25) is 9.88 Å². The van der Waals surface area contributed by atoms with Crippen molar-refractivity contribution in [1.82, 2.24) is 19.8 Å². The van der Waals surface area contributed by atoms with E-state index in [1.165, 1.54) is 44.2 Å². The van der Waals surface area contributed by atoms with Crippen LogP contribution in [0.25, 0.3) is 27.4 Å². The molecule has 0 radical (unpaired) electrons. The van der Waals surface area contributed by atoms with Gasteiger partial charge in [0.15, 0.2) is 0 Å². The quantitative estimate of drug-likeness (QED) is 0.315. The number of rotatable bonds is 1. The van der Waals surface area contributed by atoms with Crippen molar-refractivity contribution in [3.8, 4) is 5.75 Å². The molecule has 1 spiro atoms. The van der Waals surface area contributed by atoms with Gasteiger partial charge in [-0.25, -0.2) is 0 Å². The lowest BCUT2D eigenvalue weighted by atomic mass is 9.55. The van der Waals surface area contributed by atoms with E-state index >= 15 is 0 Å². The Labute approximate surface area is 248 Å². The number of fused-ring (bicyclic) bond motifs is 4. The highest BCUT2D eigenvalue weighted by atomic mass is 16.5. The minimum Gasteiger partial charge on any atom is -0.506 e. The number of benzene rings is 1. The van der Waals surface area contributed by atoms with Gasteiger partial charge >= 0.3 is 0 Å². The summed E-state index contributed by atoms with van der Waals surface area (Å²) in [5.41, 5.74) is 4.07. The Morgan fingerprint density at radius 1 is 0.952 bits per heavy atom. The molecule has 6 aliphatic rings. The van der Waals surface area contributed by atoms with Crippen molar-refractivity contribution >= 4 is 27.4 Å². The fourth-order valence-corrected chi connectivity index (χ4v) is 10.1. The summed E-state index contributed by atoms with van der Waals surface area (Å²) < 4.78 is 7.43. The second-order valence-electron chi connectivity index (χ2n) is 13.9. The first-order valence-electron chi connectivity index (χ1n) is 16.5. The number of para-hydroxylation sites is 1. The third-order valence-corrected chi connectivity index (χ3v) is 11.6. The van der Waals surface area contributed by atoms with E-state index < -0.39 is 0 Å². The summed E-state index contributed by atoms with van der Waals surface area (Å²) in [6.07, 6.45) is 26.2. The third-order valence-electron chi connectivity index (χ3n) is 11.6. The molecule has 3 saturated heterocycles. The van der Waals surface area contributed by atoms with Gasteiger partial charge in [0.05, 0.1) is 22.8 Å². The van der Waals surface area contributed by atoms with Crippen molar-refractivity contribution in [2.75, 3.05) is 19.6 Å². The molecule has 2 N–H and O–H groups in total. The Hall–Kier alpha value is -2.93. The van der Waals surface area contributed by atoms with Gasteiger partial charge in [-0.05, 0) is 107 Å². The number of aromatic nitrogens is 2. The van der Waals surface area contributed by atoms with Crippen LogP contribution in [0.15, 0.2) is 60.8 Å². The second-order valence-corrected chi connectivity index (χ2v) is 13.9. The van der Waals surface area contributed by atoms with Gasteiger partial charge < -0.3 is 19.7 Å². The van der Waals surface area contributed by atoms with Crippen LogP contribution in [0.2, 0.25) is 0 Å². The average molecular weight is 563 g/mol. The molecule has 5 aliphatic heterocycles. The molecule has 1 aromatic carbocycles. The molecule has 7 atom stereocenters. The maximum absolute atomic E-state index is 10.7. The molecular formula is C36H42N4O2. The Balaban J connectivity index is 1.29. The number of nitrogens with one attached hydrogen (secondary N) is 1. The minimum atomic E-state index is -0.331. The number of phenols is 1. The molecule has 3 aromatic rings. The van der Waals surface area contributed by atoms with Crippen molar-refractivity contribution in [3.05, 3.63) is 66.5 Å². The van der Waals surface area contributed by atoms with E-state index in [1.807, 2.05) is 12.3 Å². The minimum absolute atomic E-state index is 0.117. The largest absolute Gasteiger partial charge is 0.506 e. The first-order valence-corrected chi connectivity index (χ1v) is 16.5. The van der Waals surface area contributed by atoms with E-state index in [0.29, 0.717) is 23.8 Å².